The Morgan fingerprint density at radius 3 is 2.56 bits per heavy atom. The number of aromatic nitrogens is 1. The molecule has 18 heavy (non-hydrogen) atoms. The number of carbonyl (C=O) groups is 1. The second-order valence-electron chi connectivity index (χ2n) is 6.08. The molecule has 1 aromatic heterocycles. The summed E-state index contributed by atoms with van der Waals surface area (Å²) >= 11 is 0. The molecule has 102 valence electrons. The Hall–Kier alpha value is -1.29. The van der Waals surface area contributed by atoms with Crippen LogP contribution in [0.2, 0.25) is 0 Å². The molecule has 0 aromatic carbocycles. The van der Waals surface area contributed by atoms with Gasteiger partial charge in [-0.1, -0.05) is 13.8 Å². The molecule has 0 bridgehead atoms. The van der Waals surface area contributed by atoms with Gasteiger partial charge in [0.1, 0.15) is 0 Å². The van der Waals surface area contributed by atoms with Gasteiger partial charge in [-0.15, -0.1) is 0 Å². The van der Waals surface area contributed by atoms with Gasteiger partial charge < -0.3 is 15.4 Å². The van der Waals surface area contributed by atoms with E-state index in [2.05, 4.69) is 30.2 Å². The summed E-state index contributed by atoms with van der Waals surface area (Å²) in [5.41, 5.74) is 0.549. The number of rotatable bonds is 7. The van der Waals surface area contributed by atoms with Gasteiger partial charge in [-0.25, -0.2) is 0 Å². The highest BCUT2D eigenvalue weighted by Gasteiger charge is 2.27. The second-order valence-corrected chi connectivity index (χ2v) is 6.08. The zero-order valence-electron chi connectivity index (χ0n) is 11.7. The van der Waals surface area contributed by atoms with Crippen LogP contribution in [-0.4, -0.2) is 29.1 Å². The largest absolute Gasteiger partial charge is 0.481 e. The topological polar surface area (TPSA) is 65.1 Å². The standard InChI is InChI=1S/C14H24N2O2/c1-13(2,12(17)18)7-9-15-10-14(3,4)11-6-5-8-16-11/h5-6,8,15-16H,7,9-10H2,1-4H3,(H,17,18). The summed E-state index contributed by atoms with van der Waals surface area (Å²) in [6.07, 6.45) is 2.55. The maximum absolute atomic E-state index is 11.0. The Bertz CT molecular complexity index is 381. The third kappa shape index (κ3) is 3.88. The van der Waals surface area contributed by atoms with E-state index >= 15 is 0 Å². The summed E-state index contributed by atoms with van der Waals surface area (Å²) in [5.74, 6) is -0.743. The Morgan fingerprint density at radius 2 is 2.06 bits per heavy atom. The van der Waals surface area contributed by atoms with Crippen LogP contribution >= 0.6 is 0 Å². The van der Waals surface area contributed by atoms with Crippen LogP contribution in [0, 0.1) is 5.41 Å². The van der Waals surface area contributed by atoms with Crippen molar-refractivity contribution in [1.82, 2.24) is 10.3 Å². The average molecular weight is 252 g/mol. The van der Waals surface area contributed by atoms with E-state index in [1.165, 1.54) is 5.69 Å². The molecule has 0 spiro atoms. The average Bonchev–Trinajstić information content (AvgIpc) is 2.78. The van der Waals surface area contributed by atoms with Gasteiger partial charge in [0.05, 0.1) is 5.41 Å². The molecule has 1 aromatic rings. The Morgan fingerprint density at radius 1 is 1.39 bits per heavy atom. The summed E-state index contributed by atoms with van der Waals surface area (Å²) < 4.78 is 0. The van der Waals surface area contributed by atoms with Gasteiger partial charge in [0.15, 0.2) is 0 Å². The monoisotopic (exact) mass is 252 g/mol. The van der Waals surface area contributed by atoms with Gasteiger partial charge in [-0.05, 0) is 38.9 Å². The van der Waals surface area contributed by atoms with Gasteiger partial charge in [-0.3, -0.25) is 4.79 Å². The van der Waals surface area contributed by atoms with E-state index in [4.69, 9.17) is 5.11 Å². The highest BCUT2D eigenvalue weighted by molar-refractivity contribution is 5.73. The van der Waals surface area contributed by atoms with E-state index in [1.54, 1.807) is 13.8 Å². The van der Waals surface area contributed by atoms with Crippen LogP contribution in [0.25, 0.3) is 0 Å². The molecule has 0 aliphatic carbocycles. The van der Waals surface area contributed by atoms with Crippen molar-refractivity contribution in [3.05, 3.63) is 24.0 Å². The summed E-state index contributed by atoms with van der Waals surface area (Å²) in [6, 6.07) is 4.06. The van der Waals surface area contributed by atoms with Crippen molar-refractivity contribution in [3.63, 3.8) is 0 Å². The van der Waals surface area contributed by atoms with Crippen LogP contribution in [0.15, 0.2) is 18.3 Å². The fraction of sp³-hybridized carbons (Fsp3) is 0.643. The number of carboxylic acid groups (broad SMARTS) is 1. The maximum atomic E-state index is 11.0. The van der Waals surface area contributed by atoms with Crippen LogP contribution in [0.4, 0.5) is 0 Å². The van der Waals surface area contributed by atoms with E-state index in [9.17, 15) is 4.79 Å². The molecule has 0 aliphatic heterocycles. The van der Waals surface area contributed by atoms with Gasteiger partial charge in [-0.2, -0.15) is 0 Å². The fourth-order valence-corrected chi connectivity index (χ4v) is 1.76. The first kappa shape index (κ1) is 14.8. The Kier molecular flexibility index (Phi) is 4.57. The number of H-pyrrole nitrogens is 1. The van der Waals surface area contributed by atoms with E-state index in [0.717, 1.165) is 6.54 Å². The molecule has 0 amide bonds. The highest BCUT2D eigenvalue weighted by Crippen LogP contribution is 2.21. The molecule has 0 radical (unpaired) electrons. The van der Waals surface area contributed by atoms with E-state index in [-0.39, 0.29) is 5.41 Å². The molecule has 0 aliphatic rings. The molecule has 0 atom stereocenters. The molecule has 4 heteroatoms. The van der Waals surface area contributed by atoms with Crippen LogP contribution in [0.5, 0.6) is 0 Å². The lowest BCUT2D eigenvalue weighted by atomic mass is 9.88. The molecule has 1 rings (SSSR count). The Labute approximate surface area is 109 Å². The molecule has 3 N–H and O–H groups in total. The van der Waals surface area contributed by atoms with Crippen molar-refractivity contribution in [2.24, 2.45) is 5.41 Å². The number of aliphatic carboxylic acids is 1. The van der Waals surface area contributed by atoms with Crippen molar-refractivity contribution in [3.8, 4) is 0 Å². The highest BCUT2D eigenvalue weighted by atomic mass is 16.4. The third-order valence-electron chi connectivity index (χ3n) is 3.40. The number of hydrogen-bond donors (Lipinski definition) is 3. The minimum Gasteiger partial charge on any atom is -0.481 e. The zero-order chi connectivity index (χ0) is 13.8. The quantitative estimate of drug-likeness (QED) is 0.653. The van der Waals surface area contributed by atoms with Crippen molar-refractivity contribution in [2.45, 2.75) is 39.5 Å². The van der Waals surface area contributed by atoms with Crippen molar-refractivity contribution < 1.29 is 9.90 Å². The van der Waals surface area contributed by atoms with Gasteiger partial charge in [0, 0.05) is 23.9 Å². The third-order valence-corrected chi connectivity index (χ3v) is 3.40. The van der Waals surface area contributed by atoms with Crippen LogP contribution in [0.1, 0.15) is 39.8 Å². The molecule has 0 fully saturated rings. The van der Waals surface area contributed by atoms with Gasteiger partial charge >= 0.3 is 5.97 Å². The van der Waals surface area contributed by atoms with Crippen LogP contribution in [0.3, 0.4) is 0 Å². The normalized spacial score (nSPS) is 12.7. The first-order chi connectivity index (χ1) is 8.26. The molecule has 1 heterocycles. The van der Waals surface area contributed by atoms with E-state index < -0.39 is 11.4 Å². The molecular formula is C14H24N2O2. The van der Waals surface area contributed by atoms with E-state index in [0.29, 0.717) is 13.0 Å². The lowest BCUT2D eigenvalue weighted by Gasteiger charge is -2.25. The predicted molar refractivity (Wildman–Crippen MR) is 72.7 cm³/mol. The molecule has 0 saturated carbocycles. The van der Waals surface area contributed by atoms with Crippen LogP contribution in [-0.2, 0) is 10.2 Å². The van der Waals surface area contributed by atoms with Crippen molar-refractivity contribution >= 4 is 5.97 Å². The lowest BCUT2D eigenvalue weighted by Crippen LogP contribution is -2.36. The predicted octanol–water partition coefficient (Wildman–Crippen LogP) is 2.38. The summed E-state index contributed by atoms with van der Waals surface area (Å²) in [6.45, 7) is 9.37. The second kappa shape index (κ2) is 5.57. The summed E-state index contributed by atoms with van der Waals surface area (Å²) in [5, 5.41) is 12.4. The molecule has 0 saturated heterocycles. The molecule has 4 nitrogen and oxygen atoms in total. The first-order valence-electron chi connectivity index (χ1n) is 6.34. The first-order valence-corrected chi connectivity index (χ1v) is 6.34. The number of carboxylic acids is 1. The number of nitrogens with one attached hydrogen (secondary N) is 2. The number of hydrogen-bond acceptors (Lipinski definition) is 2. The fourth-order valence-electron chi connectivity index (χ4n) is 1.76. The van der Waals surface area contributed by atoms with Crippen molar-refractivity contribution in [1.29, 1.82) is 0 Å². The SMILES string of the molecule is CC(C)(CCNCC(C)(C)c1ccc[nH]1)C(=O)O. The van der Waals surface area contributed by atoms with Crippen molar-refractivity contribution in [2.75, 3.05) is 13.1 Å². The van der Waals surface area contributed by atoms with Gasteiger partial charge in [0.2, 0.25) is 0 Å². The summed E-state index contributed by atoms with van der Waals surface area (Å²) in [4.78, 5) is 14.2. The maximum Gasteiger partial charge on any atom is 0.309 e. The van der Waals surface area contributed by atoms with E-state index in [1.807, 2.05) is 12.3 Å². The zero-order valence-corrected chi connectivity index (χ0v) is 11.7. The van der Waals surface area contributed by atoms with Crippen LogP contribution < -0.4 is 5.32 Å². The van der Waals surface area contributed by atoms with Gasteiger partial charge in [0.25, 0.3) is 0 Å². The number of aromatic amines is 1. The molecular weight excluding hydrogens is 228 g/mol. The smallest absolute Gasteiger partial charge is 0.309 e. The summed E-state index contributed by atoms with van der Waals surface area (Å²) in [7, 11) is 0. The molecule has 0 unspecified atom stereocenters. The minimum absolute atomic E-state index is 0.0247. The minimum atomic E-state index is -0.743. The Balaban J connectivity index is 2.37. The lowest BCUT2D eigenvalue weighted by molar-refractivity contribution is -0.147.